The van der Waals surface area contributed by atoms with E-state index in [4.69, 9.17) is 4.52 Å². The molecule has 0 amide bonds. The fraction of sp³-hybridized carbons (Fsp3) is 0.188. The monoisotopic (exact) mass is 304 g/mol. The summed E-state index contributed by atoms with van der Waals surface area (Å²) in [6.45, 7) is -0.00415. The molecule has 110 valence electrons. The predicted octanol–water partition coefficient (Wildman–Crippen LogP) is 3.81. The summed E-state index contributed by atoms with van der Waals surface area (Å²) >= 11 is 0. The molecule has 0 aromatic heterocycles. The van der Waals surface area contributed by atoms with Crippen LogP contribution >= 0.6 is 7.37 Å². The van der Waals surface area contributed by atoms with Crippen LogP contribution < -0.4 is 0 Å². The summed E-state index contributed by atoms with van der Waals surface area (Å²) in [5.74, 6) is 0. The molecular formula is C16H17O4P. The Morgan fingerprint density at radius 1 is 0.857 bits per heavy atom. The highest BCUT2D eigenvalue weighted by Gasteiger charge is 2.24. The van der Waals surface area contributed by atoms with E-state index in [2.05, 4.69) is 4.74 Å². The van der Waals surface area contributed by atoms with E-state index in [1.807, 2.05) is 60.7 Å². The molecule has 4 nitrogen and oxygen atoms in total. The van der Waals surface area contributed by atoms with Crippen molar-refractivity contribution in [2.45, 2.75) is 12.3 Å². The van der Waals surface area contributed by atoms with E-state index in [-0.39, 0.29) is 13.3 Å². The van der Waals surface area contributed by atoms with Crippen LogP contribution in [0.1, 0.15) is 11.1 Å². The molecule has 0 spiro atoms. The summed E-state index contributed by atoms with van der Waals surface area (Å²) in [4.78, 5) is 10.2. The molecule has 5 heteroatoms. The second-order valence-electron chi connectivity index (χ2n) is 4.61. The number of hydrogen-bond donors (Lipinski definition) is 0. The van der Waals surface area contributed by atoms with Crippen molar-refractivity contribution < 1.29 is 18.6 Å². The first-order chi connectivity index (χ1) is 10.2. The van der Waals surface area contributed by atoms with E-state index in [1.165, 1.54) is 0 Å². The van der Waals surface area contributed by atoms with Gasteiger partial charge in [-0.1, -0.05) is 60.7 Å². The van der Waals surface area contributed by atoms with E-state index >= 15 is 0 Å². The fourth-order valence-electron chi connectivity index (χ4n) is 2.02. The van der Waals surface area contributed by atoms with Gasteiger partial charge in [0.25, 0.3) is 6.47 Å². The van der Waals surface area contributed by atoms with Gasteiger partial charge >= 0.3 is 0 Å². The fourth-order valence-corrected chi connectivity index (χ4v) is 4.11. The topological polar surface area (TPSA) is 52.6 Å². The zero-order valence-electron chi connectivity index (χ0n) is 11.6. The first-order valence-corrected chi connectivity index (χ1v) is 8.57. The van der Waals surface area contributed by atoms with Gasteiger partial charge in [-0.2, -0.15) is 0 Å². The van der Waals surface area contributed by atoms with Crippen LogP contribution in [0.3, 0.4) is 0 Å². The van der Waals surface area contributed by atoms with Crippen molar-refractivity contribution in [1.29, 1.82) is 0 Å². The lowest BCUT2D eigenvalue weighted by Crippen LogP contribution is -2.02. The summed E-state index contributed by atoms with van der Waals surface area (Å²) < 4.78 is 22.9. The molecule has 0 fully saturated rings. The van der Waals surface area contributed by atoms with Gasteiger partial charge in [-0.3, -0.25) is 13.9 Å². The van der Waals surface area contributed by atoms with Gasteiger partial charge < -0.3 is 4.74 Å². The van der Waals surface area contributed by atoms with Gasteiger partial charge in [0.2, 0.25) is 7.37 Å². The van der Waals surface area contributed by atoms with Gasteiger partial charge in [0.05, 0.1) is 12.3 Å². The standard InChI is InChI=1S/C16H17O4P/c17-13-19-14-20-21(18,11-15-7-3-1-4-8-15)12-16-9-5-2-6-10-16/h1-10,13H,11-12,14H2. The average Bonchev–Trinajstić information content (AvgIpc) is 2.49. The van der Waals surface area contributed by atoms with E-state index < -0.39 is 7.37 Å². The van der Waals surface area contributed by atoms with Crippen molar-refractivity contribution in [1.82, 2.24) is 0 Å². The molecule has 0 aliphatic heterocycles. The summed E-state index contributed by atoms with van der Waals surface area (Å²) in [7, 11) is -2.98. The lowest BCUT2D eigenvalue weighted by Gasteiger charge is -2.18. The molecule has 0 saturated carbocycles. The molecule has 2 aromatic rings. The van der Waals surface area contributed by atoms with E-state index in [9.17, 15) is 9.36 Å². The quantitative estimate of drug-likeness (QED) is 0.322. The van der Waals surface area contributed by atoms with Gasteiger partial charge in [-0.05, 0) is 11.1 Å². The van der Waals surface area contributed by atoms with Crippen molar-refractivity contribution in [2.24, 2.45) is 0 Å². The molecule has 0 aliphatic rings. The van der Waals surface area contributed by atoms with E-state index in [0.717, 1.165) is 11.1 Å². The maximum absolute atomic E-state index is 13.0. The van der Waals surface area contributed by atoms with Crippen molar-refractivity contribution in [3.63, 3.8) is 0 Å². The second kappa shape index (κ2) is 7.77. The maximum Gasteiger partial charge on any atom is 0.295 e. The van der Waals surface area contributed by atoms with E-state index in [1.54, 1.807) is 0 Å². The van der Waals surface area contributed by atoms with Crippen molar-refractivity contribution in [2.75, 3.05) is 6.79 Å². The minimum Gasteiger partial charge on any atom is -0.440 e. The Morgan fingerprint density at radius 2 is 1.33 bits per heavy atom. The molecule has 2 aromatic carbocycles. The lowest BCUT2D eigenvalue weighted by atomic mass is 10.2. The van der Waals surface area contributed by atoms with Gasteiger partial charge in [0.1, 0.15) is 0 Å². The van der Waals surface area contributed by atoms with Crippen LogP contribution in [0.25, 0.3) is 0 Å². The number of hydrogen-bond acceptors (Lipinski definition) is 4. The van der Waals surface area contributed by atoms with E-state index in [0.29, 0.717) is 12.3 Å². The highest BCUT2D eigenvalue weighted by atomic mass is 31.2. The summed E-state index contributed by atoms with van der Waals surface area (Å²) in [6, 6.07) is 19.0. The Morgan fingerprint density at radius 3 is 1.76 bits per heavy atom. The largest absolute Gasteiger partial charge is 0.440 e. The first kappa shape index (κ1) is 15.5. The van der Waals surface area contributed by atoms with Crippen LogP contribution in [0.15, 0.2) is 60.7 Å². The SMILES string of the molecule is O=COCOP(=O)(Cc1ccccc1)Cc1ccccc1. The molecule has 0 saturated heterocycles. The van der Waals surface area contributed by atoms with Crippen molar-refractivity contribution >= 4 is 13.8 Å². The predicted molar refractivity (Wildman–Crippen MR) is 81.0 cm³/mol. The minimum atomic E-state index is -2.98. The number of rotatable bonds is 8. The number of ether oxygens (including phenoxy) is 1. The molecule has 0 heterocycles. The van der Waals surface area contributed by atoms with Gasteiger partial charge in [-0.25, -0.2) is 0 Å². The number of benzene rings is 2. The summed E-state index contributed by atoms with van der Waals surface area (Å²) in [5.41, 5.74) is 1.87. The molecule has 0 N–H and O–H groups in total. The molecular weight excluding hydrogens is 287 g/mol. The Balaban J connectivity index is 2.13. The number of carbonyl (C=O) groups is 1. The smallest absolute Gasteiger partial charge is 0.295 e. The number of carbonyl (C=O) groups excluding carboxylic acids is 1. The highest BCUT2D eigenvalue weighted by Crippen LogP contribution is 2.53. The van der Waals surface area contributed by atoms with Crippen LogP contribution in [-0.2, 0) is 30.9 Å². The van der Waals surface area contributed by atoms with Crippen LogP contribution in [-0.4, -0.2) is 13.3 Å². The van der Waals surface area contributed by atoms with Crippen LogP contribution in [0.5, 0.6) is 0 Å². The molecule has 21 heavy (non-hydrogen) atoms. The Bertz CT molecular complexity index is 553. The minimum absolute atomic E-state index is 0.287. The third kappa shape index (κ3) is 5.18. The molecule has 0 radical (unpaired) electrons. The lowest BCUT2D eigenvalue weighted by molar-refractivity contribution is -0.134. The average molecular weight is 304 g/mol. The highest BCUT2D eigenvalue weighted by molar-refractivity contribution is 7.57. The Kier molecular flexibility index (Phi) is 5.73. The van der Waals surface area contributed by atoms with Crippen LogP contribution in [0.2, 0.25) is 0 Å². The van der Waals surface area contributed by atoms with Crippen LogP contribution in [0.4, 0.5) is 0 Å². The Hall–Kier alpha value is -1.90. The maximum atomic E-state index is 13.0. The van der Waals surface area contributed by atoms with Crippen molar-refractivity contribution in [3.8, 4) is 0 Å². The molecule has 0 unspecified atom stereocenters. The first-order valence-electron chi connectivity index (χ1n) is 6.57. The summed E-state index contributed by atoms with van der Waals surface area (Å²) in [5, 5.41) is 0. The molecule has 0 atom stereocenters. The zero-order valence-corrected chi connectivity index (χ0v) is 12.4. The zero-order chi connectivity index (χ0) is 15.0. The second-order valence-corrected chi connectivity index (χ2v) is 7.13. The third-order valence-electron chi connectivity index (χ3n) is 2.96. The third-order valence-corrected chi connectivity index (χ3v) is 5.23. The van der Waals surface area contributed by atoms with Gasteiger partial charge in [-0.15, -0.1) is 0 Å². The molecule has 0 aliphatic carbocycles. The summed E-state index contributed by atoms with van der Waals surface area (Å²) in [6.07, 6.45) is 0.621. The molecule has 0 bridgehead atoms. The normalized spacial score (nSPS) is 11.0. The van der Waals surface area contributed by atoms with Gasteiger partial charge in [0.15, 0.2) is 6.79 Å². The van der Waals surface area contributed by atoms with Crippen LogP contribution in [0, 0.1) is 0 Å². The van der Waals surface area contributed by atoms with Crippen molar-refractivity contribution in [3.05, 3.63) is 71.8 Å². The molecule has 2 rings (SSSR count). The Labute approximate surface area is 124 Å². The van der Waals surface area contributed by atoms with Gasteiger partial charge in [0, 0.05) is 0 Å².